The number of ketones is 1. The third-order valence-corrected chi connectivity index (χ3v) is 6.89. The fourth-order valence-corrected chi connectivity index (χ4v) is 6.03. The van der Waals surface area contributed by atoms with Crippen LogP contribution >= 0.6 is 0 Å². The predicted molar refractivity (Wildman–Crippen MR) is 110 cm³/mol. The fraction of sp³-hybridized carbons (Fsp3) is 0.583. The van der Waals surface area contributed by atoms with Gasteiger partial charge in [0.2, 0.25) is 0 Å². The SMILES string of the molecule is C/C=C/c1ccc(OCC(=O)OCC(=O)C23CC4CC(CC(C4)C2)C3)c(OC)c1. The summed E-state index contributed by atoms with van der Waals surface area (Å²) in [5.74, 6) is 2.70. The summed E-state index contributed by atoms with van der Waals surface area (Å²) in [6.45, 7) is 1.57. The van der Waals surface area contributed by atoms with Crippen molar-refractivity contribution >= 4 is 17.8 Å². The zero-order chi connectivity index (χ0) is 20.4. The largest absolute Gasteiger partial charge is 0.493 e. The summed E-state index contributed by atoms with van der Waals surface area (Å²) in [7, 11) is 1.56. The number of benzene rings is 1. The van der Waals surface area contributed by atoms with Gasteiger partial charge in [-0.25, -0.2) is 4.79 Å². The van der Waals surface area contributed by atoms with Crippen LogP contribution in [0.4, 0.5) is 0 Å². The van der Waals surface area contributed by atoms with Crippen LogP contribution in [-0.2, 0) is 14.3 Å². The topological polar surface area (TPSA) is 61.8 Å². The summed E-state index contributed by atoms with van der Waals surface area (Å²) >= 11 is 0. The lowest BCUT2D eigenvalue weighted by molar-refractivity contribution is -0.158. The summed E-state index contributed by atoms with van der Waals surface area (Å²) in [4.78, 5) is 25.1. The second kappa shape index (κ2) is 8.21. The molecule has 0 radical (unpaired) electrons. The van der Waals surface area contributed by atoms with Crippen LogP contribution in [0.25, 0.3) is 6.08 Å². The Labute approximate surface area is 172 Å². The van der Waals surface area contributed by atoms with Crippen molar-refractivity contribution in [3.63, 3.8) is 0 Å². The molecule has 0 amide bonds. The van der Waals surface area contributed by atoms with E-state index in [9.17, 15) is 9.59 Å². The van der Waals surface area contributed by atoms with E-state index in [0.29, 0.717) is 29.3 Å². The normalized spacial score (nSPS) is 29.8. The van der Waals surface area contributed by atoms with Crippen molar-refractivity contribution in [2.45, 2.75) is 45.4 Å². The van der Waals surface area contributed by atoms with Crippen molar-refractivity contribution < 1.29 is 23.8 Å². The van der Waals surface area contributed by atoms with Crippen molar-refractivity contribution in [3.05, 3.63) is 29.8 Å². The summed E-state index contributed by atoms with van der Waals surface area (Å²) in [6.07, 6.45) is 10.7. The molecule has 156 valence electrons. The Bertz CT molecular complexity index is 774. The highest BCUT2D eigenvalue weighted by Crippen LogP contribution is 2.60. The quantitative estimate of drug-likeness (QED) is 0.606. The number of methoxy groups -OCH3 is 1. The number of hydrogen-bond donors (Lipinski definition) is 0. The second-order valence-corrected chi connectivity index (χ2v) is 8.98. The minimum Gasteiger partial charge on any atom is -0.493 e. The predicted octanol–water partition coefficient (Wildman–Crippen LogP) is 4.44. The van der Waals surface area contributed by atoms with Gasteiger partial charge in [0.25, 0.3) is 0 Å². The molecule has 0 aliphatic heterocycles. The van der Waals surface area contributed by atoms with Gasteiger partial charge in [-0.1, -0.05) is 18.2 Å². The lowest BCUT2D eigenvalue weighted by atomic mass is 9.48. The van der Waals surface area contributed by atoms with Crippen LogP contribution in [0.1, 0.15) is 51.0 Å². The Hall–Kier alpha value is -2.30. The maximum absolute atomic E-state index is 12.9. The first kappa shape index (κ1) is 20.0. The van der Waals surface area contributed by atoms with Gasteiger partial charge >= 0.3 is 5.97 Å². The van der Waals surface area contributed by atoms with Crippen LogP contribution in [0, 0.1) is 23.2 Å². The number of ether oxygens (including phenoxy) is 3. The molecule has 1 aromatic carbocycles. The van der Waals surface area contributed by atoms with Crippen molar-refractivity contribution in [1.29, 1.82) is 0 Å². The highest BCUT2D eigenvalue weighted by Gasteiger charge is 2.54. The van der Waals surface area contributed by atoms with Crippen molar-refractivity contribution in [1.82, 2.24) is 0 Å². The molecule has 0 aromatic heterocycles. The van der Waals surface area contributed by atoms with Gasteiger partial charge < -0.3 is 14.2 Å². The van der Waals surface area contributed by atoms with Gasteiger partial charge in [-0.15, -0.1) is 0 Å². The number of esters is 1. The van der Waals surface area contributed by atoms with Gasteiger partial charge in [0.15, 0.2) is 30.5 Å². The summed E-state index contributed by atoms with van der Waals surface area (Å²) in [5.41, 5.74) is 0.752. The van der Waals surface area contributed by atoms with Crippen molar-refractivity contribution in [2.24, 2.45) is 23.2 Å². The highest BCUT2D eigenvalue weighted by molar-refractivity contribution is 5.88. The van der Waals surface area contributed by atoms with Crippen LogP contribution in [-0.4, -0.2) is 32.1 Å². The van der Waals surface area contributed by atoms with Gasteiger partial charge in [0.1, 0.15) is 0 Å². The van der Waals surface area contributed by atoms with Crippen LogP contribution in [0.2, 0.25) is 0 Å². The molecule has 0 atom stereocenters. The molecule has 5 rings (SSSR count). The average molecular weight is 398 g/mol. The number of rotatable bonds is 8. The van der Waals surface area contributed by atoms with E-state index in [1.54, 1.807) is 13.2 Å². The molecule has 0 N–H and O–H groups in total. The van der Waals surface area contributed by atoms with E-state index < -0.39 is 5.97 Å². The molecule has 5 heteroatoms. The monoisotopic (exact) mass is 398 g/mol. The minimum absolute atomic E-state index is 0.109. The van der Waals surface area contributed by atoms with E-state index in [1.165, 1.54) is 19.3 Å². The maximum atomic E-state index is 12.9. The number of carbonyl (C=O) groups excluding carboxylic acids is 2. The van der Waals surface area contributed by atoms with Crippen LogP contribution in [0.15, 0.2) is 24.3 Å². The van der Waals surface area contributed by atoms with E-state index in [-0.39, 0.29) is 24.4 Å². The average Bonchev–Trinajstić information content (AvgIpc) is 2.70. The number of Topliss-reactive ketones (excluding diaryl/α,β-unsaturated/α-hetero) is 1. The summed E-state index contributed by atoms with van der Waals surface area (Å²) in [6, 6.07) is 5.50. The van der Waals surface area contributed by atoms with Gasteiger partial charge in [-0.05, 0) is 80.9 Å². The molecule has 4 saturated carbocycles. The summed E-state index contributed by atoms with van der Waals surface area (Å²) in [5, 5.41) is 0. The maximum Gasteiger partial charge on any atom is 0.344 e. The Kier molecular flexibility index (Phi) is 5.66. The number of allylic oxidation sites excluding steroid dienone is 1. The van der Waals surface area contributed by atoms with E-state index in [0.717, 1.165) is 24.8 Å². The van der Waals surface area contributed by atoms with Crippen molar-refractivity contribution in [3.8, 4) is 11.5 Å². The first-order chi connectivity index (χ1) is 14.0. The molecule has 4 fully saturated rings. The number of hydrogen-bond acceptors (Lipinski definition) is 5. The number of carbonyl (C=O) groups is 2. The molecule has 4 aliphatic rings. The Morgan fingerprint density at radius 3 is 2.28 bits per heavy atom. The smallest absolute Gasteiger partial charge is 0.344 e. The first-order valence-electron chi connectivity index (χ1n) is 10.6. The van der Waals surface area contributed by atoms with Gasteiger partial charge in [-0.2, -0.15) is 0 Å². The van der Waals surface area contributed by atoms with E-state index >= 15 is 0 Å². The lowest BCUT2D eigenvalue weighted by Crippen LogP contribution is -2.51. The summed E-state index contributed by atoms with van der Waals surface area (Å²) < 4.78 is 16.2. The third-order valence-electron chi connectivity index (χ3n) is 6.89. The van der Waals surface area contributed by atoms with Gasteiger partial charge in [0.05, 0.1) is 7.11 Å². The molecule has 0 unspecified atom stereocenters. The standard InChI is InChI=1S/C24H30O5/c1-3-4-16-5-6-20(21(10-16)27-2)28-15-23(26)29-14-22(25)24-11-17-7-18(12-24)9-19(8-17)13-24/h3-6,10,17-19H,7-9,11-15H2,1-2H3/b4-3+. The zero-order valence-electron chi connectivity index (χ0n) is 17.3. The zero-order valence-corrected chi connectivity index (χ0v) is 17.3. The van der Waals surface area contributed by atoms with E-state index in [2.05, 4.69) is 0 Å². The van der Waals surface area contributed by atoms with Crippen LogP contribution in [0.5, 0.6) is 11.5 Å². The third kappa shape index (κ3) is 4.19. The van der Waals surface area contributed by atoms with Crippen LogP contribution in [0.3, 0.4) is 0 Å². The molecule has 0 saturated heterocycles. The van der Waals surface area contributed by atoms with Crippen molar-refractivity contribution in [2.75, 3.05) is 20.3 Å². The van der Waals surface area contributed by atoms with Crippen LogP contribution < -0.4 is 9.47 Å². The second-order valence-electron chi connectivity index (χ2n) is 8.98. The van der Waals surface area contributed by atoms with Gasteiger partial charge in [-0.3, -0.25) is 4.79 Å². The van der Waals surface area contributed by atoms with E-state index in [1.807, 2.05) is 31.2 Å². The molecule has 4 bridgehead atoms. The molecule has 0 spiro atoms. The Morgan fingerprint density at radius 1 is 1.03 bits per heavy atom. The lowest BCUT2D eigenvalue weighted by Gasteiger charge is -2.55. The molecular formula is C24H30O5. The fourth-order valence-electron chi connectivity index (χ4n) is 6.03. The first-order valence-corrected chi connectivity index (χ1v) is 10.6. The molecule has 29 heavy (non-hydrogen) atoms. The highest BCUT2D eigenvalue weighted by atomic mass is 16.6. The molecule has 4 aliphatic carbocycles. The molecular weight excluding hydrogens is 368 g/mol. The molecule has 5 nitrogen and oxygen atoms in total. The Morgan fingerprint density at radius 2 is 1.69 bits per heavy atom. The molecule has 1 aromatic rings. The molecule has 0 heterocycles. The minimum atomic E-state index is -0.525. The Balaban J connectivity index is 1.29. The van der Waals surface area contributed by atoms with E-state index in [4.69, 9.17) is 14.2 Å². The van der Waals surface area contributed by atoms with Gasteiger partial charge in [0, 0.05) is 5.41 Å².